The van der Waals surface area contributed by atoms with Crippen molar-refractivity contribution in [3.05, 3.63) is 0 Å². The number of nitrogens with zero attached hydrogens (tertiary/aromatic N) is 1. The molecule has 0 bridgehead atoms. The summed E-state index contributed by atoms with van der Waals surface area (Å²) >= 11 is 0. The zero-order chi connectivity index (χ0) is 10.0. The van der Waals surface area contributed by atoms with Gasteiger partial charge in [-0.25, -0.2) is 0 Å². The Morgan fingerprint density at radius 2 is 2.14 bits per heavy atom. The minimum absolute atomic E-state index is 0.277. The maximum absolute atomic E-state index is 9.13. The topological polar surface area (TPSA) is 43.7 Å². The van der Waals surface area contributed by atoms with Gasteiger partial charge in [-0.05, 0) is 43.6 Å². The number of β-amino-alcohol motifs (C(OH)–C–C–N with tert-alkyl or cyclic N) is 1. The highest BCUT2D eigenvalue weighted by Crippen LogP contribution is 2.47. The molecule has 0 amide bonds. The molecule has 2 fully saturated rings. The van der Waals surface area contributed by atoms with Crippen molar-refractivity contribution >= 4 is 0 Å². The summed E-state index contributed by atoms with van der Waals surface area (Å²) in [7, 11) is 0. The summed E-state index contributed by atoms with van der Waals surface area (Å²) < 4.78 is 0. The van der Waals surface area contributed by atoms with Crippen LogP contribution in [0.5, 0.6) is 0 Å². The third-order valence-electron chi connectivity index (χ3n) is 4.00. The first kappa shape index (κ1) is 10.4. The Bertz CT molecular complexity index is 198. The number of aliphatic hydroxyl groups excluding tert-OH is 2. The first-order chi connectivity index (χ1) is 6.78. The van der Waals surface area contributed by atoms with Gasteiger partial charge in [0.1, 0.15) is 0 Å². The van der Waals surface area contributed by atoms with Crippen molar-refractivity contribution in [1.82, 2.24) is 4.90 Å². The van der Waals surface area contributed by atoms with Gasteiger partial charge in [-0.3, -0.25) is 0 Å². The largest absolute Gasteiger partial charge is 0.396 e. The van der Waals surface area contributed by atoms with Gasteiger partial charge >= 0.3 is 0 Å². The lowest BCUT2D eigenvalue weighted by Gasteiger charge is -2.23. The minimum Gasteiger partial charge on any atom is -0.396 e. The molecule has 0 aromatic carbocycles. The van der Waals surface area contributed by atoms with E-state index in [-0.39, 0.29) is 6.61 Å². The molecule has 1 saturated carbocycles. The Balaban J connectivity index is 1.87. The van der Waals surface area contributed by atoms with E-state index in [9.17, 15) is 0 Å². The van der Waals surface area contributed by atoms with E-state index in [0.717, 1.165) is 19.6 Å². The normalized spacial score (nSPS) is 38.6. The van der Waals surface area contributed by atoms with Crippen LogP contribution in [0, 0.1) is 11.3 Å². The fourth-order valence-electron chi connectivity index (χ4n) is 3.21. The second kappa shape index (κ2) is 4.17. The van der Waals surface area contributed by atoms with Crippen LogP contribution in [0.2, 0.25) is 0 Å². The standard InChI is InChI=1S/C11H21NO2/c13-6-5-12-4-3-11(9-12)2-1-10(7-11)8-14/h10,13-14H,1-9H2/t10-,11-/m0/s1. The van der Waals surface area contributed by atoms with E-state index in [2.05, 4.69) is 4.90 Å². The quantitative estimate of drug-likeness (QED) is 0.694. The summed E-state index contributed by atoms with van der Waals surface area (Å²) in [5.41, 5.74) is 0.489. The Morgan fingerprint density at radius 1 is 1.29 bits per heavy atom. The molecule has 82 valence electrons. The number of hydrogen-bond donors (Lipinski definition) is 2. The average Bonchev–Trinajstić information content (AvgIpc) is 2.76. The van der Waals surface area contributed by atoms with E-state index in [1.165, 1.54) is 25.7 Å². The zero-order valence-corrected chi connectivity index (χ0v) is 8.78. The summed E-state index contributed by atoms with van der Waals surface area (Å²) in [4.78, 5) is 2.36. The maximum atomic E-state index is 9.13. The van der Waals surface area contributed by atoms with Gasteiger partial charge in [0.05, 0.1) is 6.61 Å². The number of likely N-dealkylation sites (tertiary alicyclic amines) is 1. The molecule has 2 atom stereocenters. The molecule has 2 rings (SSSR count). The van der Waals surface area contributed by atoms with Gasteiger partial charge in [0.15, 0.2) is 0 Å². The van der Waals surface area contributed by atoms with Crippen LogP contribution in [0.1, 0.15) is 25.7 Å². The summed E-state index contributed by atoms with van der Waals surface area (Å²) in [5.74, 6) is 0.545. The van der Waals surface area contributed by atoms with Gasteiger partial charge in [0.2, 0.25) is 0 Å². The van der Waals surface area contributed by atoms with E-state index in [1.54, 1.807) is 0 Å². The van der Waals surface area contributed by atoms with E-state index in [4.69, 9.17) is 10.2 Å². The molecule has 2 N–H and O–H groups in total. The molecule has 0 radical (unpaired) electrons. The second-order valence-electron chi connectivity index (χ2n) is 5.04. The highest BCUT2D eigenvalue weighted by molar-refractivity contribution is 4.95. The minimum atomic E-state index is 0.277. The smallest absolute Gasteiger partial charge is 0.0558 e. The number of hydrogen-bond acceptors (Lipinski definition) is 3. The summed E-state index contributed by atoms with van der Waals surface area (Å²) in [6.07, 6.45) is 4.94. The Morgan fingerprint density at radius 3 is 2.79 bits per heavy atom. The van der Waals surface area contributed by atoms with Crippen LogP contribution >= 0.6 is 0 Å². The van der Waals surface area contributed by atoms with Crippen LogP contribution in [0.15, 0.2) is 0 Å². The molecule has 0 aromatic rings. The van der Waals surface area contributed by atoms with Crippen molar-refractivity contribution in [2.75, 3.05) is 32.8 Å². The SMILES string of the molecule is OCCN1CC[C@]2(CC[C@H](CO)C2)C1. The van der Waals surface area contributed by atoms with Crippen LogP contribution < -0.4 is 0 Å². The van der Waals surface area contributed by atoms with E-state index in [0.29, 0.717) is 17.9 Å². The first-order valence-corrected chi connectivity index (χ1v) is 5.72. The molecule has 14 heavy (non-hydrogen) atoms. The lowest BCUT2D eigenvalue weighted by atomic mass is 9.84. The van der Waals surface area contributed by atoms with Crippen LogP contribution in [-0.2, 0) is 0 Å². The van der Waals surface area contributed by atoms with Gasteiger partial charge < -0.3 is 15.1 Å². The molecule has 1 heterocycles. The Labute approximate surface area is 85.7 Å². The fraction of sp³-hybridized carbons (Fsp3) is 1.00. The Kier molecular flexibility index (Phi) is 3.10. The lowest BCUT2D eigenvalue weighted by molar-refractivity contribution is 0.188. The molecular weight excluding hydrogens is 178 g/mol. The van der Waals surface area contributed by atoms with E-state index in [1.807, 2.05) is 0 Å². The predicted octanol–water partition coefficient (Wildman–Crippen LogP) is 0.463. The second-order valence-corrected chi connectivity index (χ2v) is 5.04. The summed E-state index contributed by atoms with van der Waals surface area (Å²) in [5, 5.41) is 18.0. The molecule has 1 aliphatic heterocycles. The van der Waals surface area contributed by atoms with Crippen molar-refractivity contribution in [1.29, 1.82) is 0 Å². The Hall–Kier alpha value is -0.120. The van der Waals surface area contributed by atoms with Gasteiger partial charge in [-0.15, -0.1) is 0 Å². The van der Waals surface area contributed by atoms with Gasteiger partial charge in [-0.1, -0.05) is 0 Å². The first-order valence-electron chi connectivity index (χ1n) is 5.72. The van der Waals surface area contributed by atoms with Crippen molar-refractivity contribution in [2.45, 2.75) is 25.7 Å². The van der Waals surface area contributed by atoms with E-state index < -0.39 is 0 Å². The molecule has 3 nitrogen and oxygen atoms in total. The van der Waals surface area contributed by atoms with Gasteiger partial charge in [-0.2, -0.15) is 0 Å². The monoisotopic (exact) mass is 199 g/mol. The van der Waals surface area contributed by atoms with E-state index >= 15 is 0 Å². The van der Waals surface area contributed by atoms with Crippen molar-refractivity contribution in [2.24, 2.45) is 11.3 Å². The van der Waals surface area contributed by atoms with Crippen LogP contribution in [0.4, 0.5) is 0 Å². The molecule has 0 unspecified atom stereocenters. The van der Waals surface area contributed by atoms with Crippen LogP contribution in [0.3, 0.4) is 0 Å². The lowest BCUT2D eigenvalue weighted by Crippen LogP contribution is -2.28. The predicted molar refractivity (Wildman–Crippen MR) is 55.0 cm³/mol. The third kappa shape index (κ3) is 1.95. The van der Waals surface area contributed by atoms with Gasteiger partial charge in [0, 0.05) is 19.7 Å². The molecule has 1 spiro atoms. The average molecular weight is 199 g/mol. The molecule has 3 heteroatoms. The van der Waals surface area contributed by atoms with Crippen molar-refractivity contribution < 1.29 is 10.2 Å². The highest BCUT2D eigenvalue weighted by Gasteiger charge is 2.43. The van der Waals surface area contributed by atoms with Crippen molar-refractivity contribution in [3.8, 4) is 0 Å². The summed E-state index contributed by atoms with van der Waals surface area (Å²) in [6, 6.07) is 0. The molecular formula is C11H21NO2. The van der Waals surface area contributed by atoms with Gasteiger partial charge in [0.25, 0.3) is 0 Å². The number of aliphatic hydroxyl groups is 2. The highest BCUT2D eigenvalue weighted by atomic mass is 16.3. The molecule has 1 saturated heterocycles. The third-order valence-corrected chi connectivity index (χ3v) is 4.00. The number of rotatable bonds is 3. The molecule has 0 aromatic heterocycles. The van der Waals surface area contributed by atoms with Crippen LogP contribution in [0.25, 0.3) is 0 Å². The molecule has 1 aliphatic carbocycles. The summed E-state index contributed by atoms with van der Waals surface area (Å²) in [6.45, 7) is 3.75. The fourth-order valence-corrected chi connectivity index (χ4v) is 3.21. The van der Waals surface area contributed by atoms with Crippen LogP contribution in [-0.4, -0.2) is 48.0 Å². The van der Waals surface area contributed by atoms with Crippen molar-refractivity contribution in [3.63, 3.8) is 0 Å². The molecule has 2 aliphatic rings. The zero-order valence-electron chi connectivity index (χ0n) is 8.78. The maximum Gasteiger partial charge on any atom is 0.0558 e.